The van der Waals surface area contributed by atoms with Crippen molar-refractivity contribution in [2.75, 3.05) is 0 Å². The van der Waals surface area contributed by atoms with Gasteiger partial charge in [0.2, 0.25) is 12.2 Å². The van der Waals surface area contributed by atoms with Crippen LogP contribution in [0.1, 0.15) is 33.6 Å². The molecule has 1 N–H and O–H groups in total. The average molecular weight is 170 g/mol. The molecule has 0 saturated carbocycles. The smallest absolute Gasteiger partial charge is 0.223 e. The number of nitrogens with one attached hydrogen (secondary N) is 1. The van der Waals surface area contributed by atoms with Crippen molar-refractivity contribution in [2.24, 2.45) is 5.92 Å². The lowest BCUT2D eigenvalue weighted by atomic mass is 10.0. The topological polar surface area (TPSA) is 46.2 Å². The highest BCUT2D eigenvalue weighted by Gasteiger charge is 2.16. The quantitative estimate of drug-likeness (QED) is 0.670. The van der Waals surface area contributed by atoms with Crippen LogP contribution in [0.5, 0.6) is 0 Å². The molecule has 1 radical (unpaired) electrons. The first-order valence-electron chi connectivity index (χ1n) is 4.32. The van der Waals surface area contributed by atoms with Crippen LogP contribution in [0.15, 0.2) is 0 Å². The van der Waals surface area contributed by atoms with E-state index >= 15 is 0 Å². The van der Waals surface area contributed by atoms with E-state index in [2.05, 4.69) is 5.32 Å². The first-order valence-corrected chi connectivity index (χ1v) is 4.32. The monoisotopic (exact) mass is 170 g/mol. The minimum atomic E-state index is -0.442. The molecule has 1 amide bonds. The highest BCUT2D eigenvalue weighted by Crippen LogP contribution is 2.05. The maximum absolute atomic E-state index is 10.9. The third-order valence-electron chi connectivity index (χ3n) is 1.98. The second kappa shape index (κ2) is 5.75. The minimum Gasteiger partial charge on any atom is -0.346 e. The zero-order valence-corrected chi connectivity index (χ0v) is 7.89. The molecule has 0 aromatic rings. The SMILES string of the molecule is CCC(=O)NC([C]=O)C(C)CC. The minimum absolute atomic E-state index is 0.0938. The van der Waals surface area contributed by atoms with Crippen molar-refractivity contribution in [1.29, 1.82) is 0 Å². The molecule has 0 fully saturated rings. The van der Waals surface area contributed by atoms with Crippen LogP contribution < -0.4 is 5.32 Å². The summed E-state index contributed by atoms with van der Waals surface area (Å²) in [7, 11) is 0. The molecule has 3 heteroatoms. The zero-order valence-electron chi connectivity index (χ0n) is 7.89. The van der Waals surface area contributed by atoms with Crippen LogP contribution in [0, 0.1) is 5.92 Å². The molecule has 12 heavy (non-hydrogen) atoms. The van der Waals surface area contributed by atoms with Gasteiger partial charge in [-0.15, -0.1) is 0 Å². The summed E-state index contributed by atoms with van der Waals surface area (Å²) >= 11 is 0. The van der Waals surface area contributed by atoms with Gasteiger partial charge in [0, 0.05) is 6.42 Å². The van der Waals surface area contributed by atoms with Crippen molar-refractivity contribution in [2.45, 2.75) is 39.7 Å². The van der Waals surface area contributed by atoms with E-state index < -0.39 is 6.04 Å². The van der Waals surface area contributed by atoms with E-state index in [1.54, 1.807) is 6.92 Å². The number of hydrogen-bond acceptors (Lipinski definition) is 2. The molecule has 0 aliphatic heterocycles. The van der Waals surface area contributed by atoms with Gasteiger partial charge in [-0.05, 0) is 5.92 Å². The first kappa shape index (κ1) is 11.1. The fourth-order valence-electron chi connectivity index (χ4n) is 0.799. The Balaban J connectivity index is 3.98. The molecule has 3 nitrogen and oxygen atoms in total. The van der Waals surface area contributed by atoms with Crippen molar-refractivity contribution >= 4 is 12.2 Å². The summed E-state index contributed by atoms with van der Waals surface area (Å²) in [6.45, 7) is 5.66. The molecule has 2 atom stereocenters. The van der Waals surface area contributed by atoms with Gasteiger partial charge in [-0.1, -0.05) is 27.2 Å². The second-order valence-electron chi connectivity index (χ2n) is 2.90. The van der Waals surface area contributed by atoms with Crippen LogP contribution in [-0.2, 0) is 9.59 Å². The standard InChI is InChI=1S/C9H16NO2/c1-4-7(3)8(6-11)10-9(12)5-2/h7-8H,4-5H2,1-3H3,(H,10,12). The summed E-state index contributed by atoms with van der Waals surface area (Å²) in [4.78, 5) is 21.3. The van der Waals surface area contributed by atoms with Crippen molar-refractivity contribution in [1.82, 2.24) is 5.32 Å². The van der Waals surface area contributed by atoms with Gasteiger partial charge in [-0.3, -0.25) is 9.59 Å². The van der Waals surface area contributed by atoms with E-state index in [9.17, 15) is 9.59 Å². The summed E-state index contributed by atoms with van der Waals surface area (Å²) in [5.74, 6) is 0.0710. The predicted molar refractivity (Wildman–Crippen MR) is 47.4 cm³/mol. The van der Waals surface area contributed by atoms with Crippen LogP contribution in [-0.4, -0.2) is 18.2 Å². The summed E-state index contributed by atoms with van der Waals surface area (Å²) < 4.78 is 0. The lowest BCUT2D eigenvalue weighted by molar-refractivity contribution is -0.121. The number of hydrogen-bond donors (Lipinski definition) is 1. The van der Waals surface area contributed by atoms with E-state index in [4.69, 9.17) is 0 Å². The van der Waals surface area contributed by atoms with Crippen molar-refractivity contribution < 1.29 is 9.59 Å². The molecule has 0 aliphatic carbocycles. The van der Waals surface area contributed by atoms with Gasteiger partial charge >= 0.3 is 0 Å². The van der Waals surface area contributed by atoms with Gasteiger partial charge in [-0.2, -0.15) is 0 Å². The Hall–Kier alpha value is -0.860. The fraction of sp³-hybridized carbons (Fsp3) is 0.778. The summed E-state index contributed by atoms with van der Waals surface area (Å²) in [6.07, 6.45) is 3.11. The molecular formula is C9H16NO2. The Morgan fingerprint density at radius 1 is 1.50 bits per heavy atom. The maximum atomic E-state index is 10.9. The Bertz CT molecular complexity index is 157. The molecule has 69 valence electrons. The van der Waals surface area contributed by atoms with Crippen LogP contribution in [0.25, 0.3) is 0 Å². The molecule has 0 rings (SSSR count). The van der Waals surface area contributed by atoms with E-state index in [1.165, 1.54) is 0 Å². The average Bonchev–Trinajstić information content (AvgIpc) is 2.12. The fourth-order valence-corrected chi connectivity index (χ4v) is 0.799. The lowest BCUT2D eigenvalue weighted by Crippen LogP contribution is -2.39. The largest absolute Gasteiger partial charge is 0.346 e. The number of carbonyl (C=O) groups excluding carboxylic acids is 2. The Morgan fingerprint density at radius 3 is 2.42 bits per heavy atom. The third kappa shape index (κ3) is 3.51. The predicted octanol–water partition coefficient (Wildman–Crippen LogP) is 1.04. The lowest BCUT2D eigenvalue weighted by Gasteiger charge is -2.17. The van der Waals surface area contributed by atoms with Crippen LogP contribution in [0.3, 0.4) is 0 Å². The van der Waals surface area contributed by atoms with E-state index in [1.807, 2.05) is 20.1 Å². The molecule has 0 aromatic carbocycles. The van der Waals surface area contributed by atoms with Gasteiger partial charge in [0.05, 0.1) is 6.04 Å². The number of rotatable bonds is 5. The van der Waals surface area contributed by atoms with Crippen LogP contribution >= 0.6 is 0 Å². The zero-order chi connectivity index (χ0) is 9.56. The Morgan fingerprint density at radius 2 is 2.08 bits per heavy atom. The second-order valence-corrected chi connectivity index (χ2v) is 2.90. The normalized spacial score (nSPS) is 14.9. The van der Waals surface area contributed by atoms with E-state index in [0.29, 0.717) is 6.42 Å². The van der Waals surface area contributed by atoms with E-state index in [0.717, 1.165) is 6.42 Å². The Labute approximate surface area is 73.5 Å². The molecule has 0 aromatic heterocycles. The van der Waals surface area contributed by atoms with Gasteiger partial charge in [0.15, 0.2) is 0 Å². The highest BCUT2D eigenvalue weighted by molar-refractivity contribution is 5.79. The third-order valence-corrected chi connectivity index (χ3v) is 1.98. The molecule has 0 heterocycles. The van der Waals surface area contributed by atoms with Crippen molar-refractivity contribution in [3.63, 3.8) is 0 Å². The van der Waals surface area contributed by atoms with Gasteiger partial charge < -0.3 is 5.32 Å². The summed E-state index contributed by atoms with van der Waals surface area (Å²) in [5, 5.41) is 2.60. The molecule has 0 saturated heterocycles. The molecule has 0 bridgehead atoms. The molecule has 0 aliphatic rings. The van der Waals surface area contributed by atoms with E-state index in [-0.39, 0.29) is 11.8 Å². The number of amides is 1. The Kier molecular flexibility index (Phi) is 5.34. The van der Waals surface area contributed by atoms with Crippen molar-refractivity contribution in [3.05, 3.63) is 0 Å². The van der Waals surface area contributed by atoms with Crippen LogP contribution in [0.4, 0.5) is 0 Å². The molecular weight excluding hydrogens is 154 g/mol. The highest BCUT2D eigenvalue weighted by atomic mass is 16.2. The van der Waals surface area contributed by atoms with Gasteiger partial charge in [0.1, 0.15) is 0 Å². The maximum Gasteiger partial charge on any atom is 0.223 e. The molecule has 0 spiro atoms. The van der Waals surface area contributed by atoms with Gasteiger partial charge in [-0.25, -0.2) is 0 Å². The van der Waals surface area contributed by atoms with Gasteiger partial charge in [0.25, 0.3) is 0 Å². The summed E-state index contributed by atoms with van der Waals surface area (Å²) in [5.41, 5.74) is 0. The number of carbonyl (C=O) groups is 1. The first-order chi connectivity index (χ1) is 5.65. The van der Waals surface area contributed by atoms with Crippen LogP contribution in [0.2, 0.25) is 0 Å². The molecule has 2 unspecified atom stereocenters. The van der Waals surface area contributed by atoms with Crippen molar-refractivity contribution in [3.8, 4) is 0 Å². The summed E-state index contributed by atoms with van der Waals surface area (Å²) in [6, 6.07) is -0.442.